The fourth-order valence-corrected chi connectivity index (χ4v) is 6.39. The maximum atomic E-state index is 14.0. The molecule has 0 aliphatic rings. The van der Waals surface area contributed by atoms with Crippen molar-refractivity contribution in [1.29, 1.82) is 0 Å². The van der Waals surface area contributed by atoms with Gasteiger partial charge in [-0.1, -0.05) is 68.3 Å². The lowest BCUT2D eigenvalue weighted by Crippen LogP contribution is -2.59. The highest BCUT2D eigenvalue weighted by Gasteiger charge is 2.32. The third-order valence-electron chi connectivity index (χ3n) is 9.77. The molecule has 0 bridgehead atoms. The number of carbonyl (C=O) groups excluding carboxylic acids is 5. The highest BCUT2D eigenvalue weighted by molar-refractivity contribution is 5.97. The fourth-order valence-electron chi connectivity index (χ4n) is 6.39. The van der Waals surface area contributed by atoms with Gasteiger partial charge in [-0.25, -0.2) is 0 Å². The summed E-state index contributed by atoms with van der Waals surface area (Å²) in [6.45, 7) is 4.89. The minimum absolute atomic E-state index is 0.0348. The predicted molar refractivity (Wildman–Crippen MR) is 238 cm³/mol. The first-order valence-electron chi connectivity index (χ1n) is 21.6. The van der Waals surface area contributed by atoms with Crippen molar-refractivity contribution in [3.05, 3.63) is 71.9 Å². The van der Waals surface area contributed by atoms with Gasteiger partial charge in [0.05, 0.1) is 59.3 Å². The number of aromatic nitrogens is 1. The molecule has 2 aromatic carbocycles. The number of benzene rings is 2. The molecule has 0 saturated heterocycles. The molecule has 18 nitrogen and oxygen atoms in total. The number of rotatable bonds is 35. The first-order chi connectivity index (χ1) is 31.0. The van der Waals surface area contributed by atoms with E-state index in [0.717, 1.165) is 35.7 Å². The Bertz CT molecular complexity index is 1920. The minimum atomic E-state index is -1.62. The number of unbranched alkanes of at least 4 members (excludes halogenated alkanes) is 3. The molecule has 0 spiro atoms. The van der Waals surface area contributed by atoms with Crippen LogP contribution in [0.1, 0.15) is 63.0 Å². The molecule has 0 aliphatic heterocycles. The van der Waals surface area contributed by atoms with Gasteiger partial charge in [-0.15, -0.1) is 12.3 Å². The number of nitrogens with two attached hydrogens (primary N) is 1. The van der Waals surface area contributed by atoms with Crippen LogP contribution >= 0.6 is 0 Å². The number of terminal acetylenes is 1. The number of primary amides is 1. The molecule has 3 rings (SSSR count). The highest BCUT2D eigenvalue weighted by Crippen LogP contribution is 2.19. The number of fused-ring (bicyclic) bond motifs is 1. The number of carboxylic acids is 1. The Kier molecular flexibility index (Phi) is 25.5. The van der Waals surface area contributed by atoms with Crippen molar-refractivity contribution in [3.63, 3.8) is 0 Å². The summed E-state index contributed by atoms with van der Waals surface area (Å²) in [4.78, 5) is 81.6. The van der Waals surface area contributed by atoms with Crippen molar-refractivity contribution in [2.45, 2.75) is 88.9 Å². The van der Waals surface area contributed by atoms with Crippen molar-refractivity contribution >= 4 is 46.4 Å². The SMILES string of the molecule is C#CCCCCOCCOCCOCCOCCOCC(=O)N[C@@H](Cc1c[nH]c2ccccc12)C(=O)N[C@@H](CCCC)C(=O)N[C@@H](CC(=O)O)C(=O)N[C@@H](Cc1ccccc1)C(N)=O. The van der Waals surface area contributed by atoms with Crippen molar-refractivity contribution < 1.29 is 57.6 Å². The standard InChI is InChI=1S/C46H64N6O12/c1-3-5-7-13-19-60-20-21-61-22-23-62-24-25-63-26-27-64-32-41(53)49-39(29-34-31-48-36-18-12-11-16-35(34)36)45(58)50-37(17-6-4-2)44(57)52-40(30-42(54)55)46(59)51-38(43(47)56)28-33-14-9-8-10-15-33/h1,8-12,14-16,18,31,37-40,48H,4-7,13,17,19-30,32H2,2H3,(H2,47,56)(H,49,53)(H,50,58)(H,51,59)(H,52,57)(H,54,55)/t37-,38-,39-,40-/m0/s1. The molecule has 4 atom stereocenters. The molecular formula is C46H64N6O12. The van der Waals surface area contributed by atoms with Crippen LogP contribution in [0.15, 0.2) is 60.8 Å². The summed E-state index contributed by atoms with van der Waals surface area (Å²) in [5.41, 5.74) is 7.80. The van der Waals surface area contributed by atoms with Crippen LogP contribution in [0.3, 0.4) is 0 Å². The molecule has 8 N–H and O–H groups in total. The number of para-hydroxylation sites is 1. The minimum Gasteiger partial charge on any atom is -0.481 e. The van der Waals surface area contributed by atoms with Crippen molar-refractivity contribution in [1.82, 2.24) is 26.3 Å². The molecule has 5 amide bonds. The van der Waals surface area contributed by atoms with Gasteiger partial charge in [-0.2, -0.15) is 0 Å². The van der Waals surface area contributed by atoms with Gasteiger partial charge in [-0.05, 0) is 36.5 Å². The summed E-state index contributed by atoms with van der Waals surface area (Å²) in [7, 11) is 0. The van der Waals surface area contributed by atoms with Gasteiger partial charge in [0.25, 0.3) is 0 Å². The van der Waals surface area contributed by atoms with Gasteiger partial charge in [0.15, 0.2) is 0 Å². The number of ether oxygens (including phenoxy) is 5. The van der Waals surface area contributed by atoms with E-state index < -0.39 is 66.1 Å². The Labute approximate surface area is 374 Å². The van der Waals surface area contributed by atoms with E-state index >= 15 is 0 Å². The lowest BCUT2D eigenvalue weighted by Gasteiger charge is -2.26. The number of aliphatic carboxylic acids is 1. The summed E-state index contributed by atoms with van der Waals surface area (Å²) in [5.74, 6) is -2.70. The van der Waals surface area contributed by atoms with Crippen LogP contribution in [0.2, 0.25) is 0 Å². The zero-order valence-corrected chi connectivity index (χ0v) is 36.6. The number of nitrogens with one attached hydrogen (secondary N) is 5. The molecule has 18 heteroatoms. The van der Waals surface area contributed by atoms with Crippen LogP contribution in [0, 0.1) is 12.3 Å². The molecule has 1 aromatic heterocycles. The van der Waals surface area contributed by atoms with Crippen molar-refractivity contribution in [3.8, 4) is 12.3 Å². The fraction of sp³-hybridized carbons (Fsp3) is 0.522. The van der Waals surface area contributed by atoms with Gasteiger partial charge < -0.3 is 60.8 Å². The van der Waals surface area contributed by atoms with Crippen LogP contribution in [-0.2, 0) is 65.3 Å². The molecule has 0 saturated carbocycles. The number of H-pyrrole nitrogens is 1. The van der Waals surface area contributed by atoms with Crippen LogP contribution in [0.25, 0.3) is 10.9 Å². The van der Waals surface area contributed by atoms with Gasteiger partial charge in [0.2, 0.25) is 29.5 Å². The predicted octanol–water partition coefficient (Wildman–Crippen LogP) is 1.93. The molecule has 3 aromatic rings. The average molecular weight is 893 g/mol. The molecule has 0 radical (unpaired) electrons. The zero-order chi connectivity index (χ0) is 46.4. The second-order valence-electron chi connectivity index (χ2n) is 14.9. The second-order valence-corrected chi connectivity index (χ2v) is 14.9. The average Bonchev–Trinajstić information content (AvgIpc) is 3.69. The summed E-state index contributed by atoms with van der Waals surface area (Å²) >= 11 is 0. The third kappa shape index (κ3) is 21.0. The quantitative estimate of drug-likeness (QED) is 0.0330. The Hall–Kier alpha value is -5.84. The van der Waals surface area contributed by atoms with E-state index in [4.69, 9.17) is 35.8 Å². The van der Waals surface area contributed by atoms with Crippen LogP contribution in [0.5, 0.6) is 0 Å². The maximum absolute atomic E-state index is 14.0. The lowest BCUT2D eigenvalue weighted by atomic mass is 10.0. The van der Waals surface area contributed by atoms with Crippen LogP contribution in [0.4, 0.5) is 0 Å². The van der Waals surface area contributed by atoms with Gasteiger partial charge in [0.1, 0.15) is 30.8 Å². The molecule has 0 fully saturated rings. The number of aromatic amines is 1. The van der Waals surface area contributed by atoms with E-state index in [-0.39, 0.29) is 39.1 Å². The number of carbonyl (C=O) groups is 6. The summed E-state index contributed by atoms with van der Waals surface area (Å²) in [6, 6.07) is 11.0. The molecular weight excluding hydrogens is 829 g/mol. The maximum Gasteiger partial charge on any atom is 0.305 e. The summed E-state index contributed by atoms with van der Waals surface area (Å²) in [5, 5.41) is 20.8. The van der Waals surface area contributed by atoms with E-state index in [1.165, 1.54) is 0 Å². The first kappa shape index (κ1) is 52.5. The third-order valence-corrected chi connectivity index (χ3v) is 9.77. The lowest BCUT2D eigenvalue weighted by molar-refractivity contribution is -0.141. The molecule has 350 valence electrons. The Morgan fingerprint density at radius 1 is 0.672 bits per heavy atom. The van der Waals surface area contributed by atoms with Gasteiger partial charge >= 0.3 is 5.97 Å². The first-order valence-corrected chi connectivity index (χ1v) is 21.6. The monoisotopic (exact) mass is 892 g/mol. The van der Waals surface area contributed by atoms with E-state index in [9.17, 15) is 33.9 Å². The van der Waals surface area contributed by atoms with Crippen LogP contribution in [-0.4, -0.2) is 136 Å². The van der Waals surface area contributed by atoms with E-state index in [0.29, 0.717) is 64.7 Å². The number of hydrogen-bond donors (Lipinski definition) is 7. The molecule has 0 aliphatic carbocycles. The van der Waals surface area contributed by atoms with Crippen LogP contribution < -0.4 is 27.0 Å². The summed E-state index contributed by atoms with van der Waals surface area (Å²) < 4.78 is 27.5. The smallest absolute Gasteiger partial charge is 0.305 e. The number of amides is 5. The normalized spacial score (nSPS) is 12.9. The highest BCUT2D eigenvalue weighted by atomic mass is 16.6. The van der Waals surface area contributed by atoms with E-state index in [1.54, 1.807) is 36.5 Å². The van der Waals surface area contributed by atoms with Crippen molar-refractivity contribution in [2.24, 2.45) is 5.73 Å². The van der Waals surface area contributed by atoms with Gasteiger partial charge in [0, 0.05) is 43.0 Å². The van der Waals surface area contributed by atoms with E-state index in [1.807, 2.05) is 31.2 Å². The molecule has 1 heterocycles. The topological polar surface area (TPSA) is 259 Å². The molecule has 0 unspecified atom stereocenters. The Morgan fingerprint density at radius 2 is 1.23 bits per heavy atom. The number of hydrogen-bond acceptors (Lipinski definition) is 11. The summed E-state index contributed by atoms with van der Waals surface area (Å²) in [6.07, 6.45) is 10.1. The zero-order valence-electron chi connectivity index (χ0n) is 36.6. The van der Waals surface area contributed by atoms with E-state index in [2.05, 4.69) is 32.2 Å². The number of carboxylic acid groups (broad SMARTS) is 1. The molecule has 64 heavy (non-hydrogen) atoms. The van der Waals surface area contributed by atoms with Crippen molar-refractivity contribution in [2.75, 3.05) is 66.1 Å². The Balaban J connectivity index is 1.54. The second kappa shape index (κ2) is 31.1. The Morgan fingerprint density at radius 3 is 1.86 bits per heavy atom. The van der Waals surface area contributed by atoms with Gasteiger partial charge in [-0.3, -0.25) is 28.8 Å². The largest absolute Gasteiger partial charge is 0.481 e.